The molecule has 0 spiro atoms. The number of rotatable bonds is 8. The van der Waals surface area contributed by atoms with Crippen molar-refractivity contribution >= 4 is 8.80 Å². The van der Waals surface area contributed by atoms with Crippen LogP contribution in [0.4, 0.5) is 0 Å². The van der Waals surface area contributed by atoms with Crippen LogP contribution < -0.4 is 0 Å². The molecule has 4 heteroatoms. The van der Waals surface area contributed by atoms with Crippen molar-refractivity contribution in [1.82, 2.24) is 0 Å². The van der Waals surface area contributed by atoms with Crippen LogP contribution in [-0.2, 0) is 13.3 Å². The molecule has 13 heavy (non-hydrogen) atoms. The van der Waals surface area contributed by atoms with Crippen molar-refractivity contribution < 1.29 is 13.3 Å². The maximum absolute atomic E-state index is 5.53. The molecule has 0 radical (unpaired) electrons. The number of hydrogen-bond acceptors (Lipinski definition) is 3. The van der Waals surface area contributed by atoms with E-state index >= 15 is 0 Å². The van der Waals surface area contributed by atoms with Gasteiger partial charge in [-0.2, -0.15) is 0 Å². The van der Waals surface area contributed by atoms with Gasteiger partial charge < -0.3 is 13.3 Å². The largest absolute Gasteiger partial charge is 0.509 e. The van der Waals surface area contributed by atoms with Crippen LogP contribution >= 0.6 is 0 Å². The van der Waals surface area contributed by atoms with E-state index in [0.717, 1.165) is 0 Å². The number of allylic oxidation sites excluding steroid dienone is 1. The quantitative estimate of drug-likeness (QED) is 0.446. The Morgan fingerprint density at radius 3 is 1.62 bits per heavy atom. The van der Waals surface area contributed by atoms with Crippen LogP contribution in [0.15, 0.2) is 6.08 Å². The van der Waals surface area contributed by atoms with Crippen LogP contribution in [0, 0.1) is 6.58 Å². The second kappa shape index (κ2) is 7.18. The summed E-state index contributed by atoms with van der Waals surface area (Å²) in [5.74, 6) is 0. The fourth-order valence-electron chi connectivity index (χ4n) is 1.11. The average molecular weight is 203 g/mol. The summed E-state index contributed by atoms with van der Waals surface area (Å²) in [6.07, 6.45) is 1.55. The van der Waals surface area contributed by atoms with Crippen molar-refractivity contribution in [3.05, 3.63) is 12.7 Å². The molecular weight excluding hydrogens is 184 g/mol. The van der Waals surface area contributed by atoms with Crippen LogP contribution in [0.25, 0.3) is 0 Å². The van der Waals surface area contributed by atoms with Crippen LogP contribution in [-0.4, -0.2) is 28.6 Å². The standard InChI is InChI=1S/C9H19O3Si/c1-5-9-13(10-6-2,11-7-3)12-8-4/h1,5H,6-9H2,2-4H3/q+1. The zero-order valence-corrected chi connectivity index (χ0v) is 9.71. The summed E-state index contributed by atoms with van der Waals surface area (Å²) >= 11 is 0. The van der Waals surface area contributed by atoms with Crippen molar-refractivity contribution in [2.45, 2.75) is 26.8 Å². The van der Waals surface area contributed by atoms with Gasteiger partial charge in [0.1, 0.15) is 0 Å². The van der Waals surface area contributed by atoms with Crippen LogP contribution in [0.2, 0.25) is 6.04 Å². The Kier molecular flexibility index (Phi) is 7.04. The molecule has 3 nitrogen and oxygen atoms in total. The van der Waals surface area contributed by atoms with E-state index in [9.17, 15) is 0 Å². The molecule has 0 aromatic rings. The SMILES string of the molecule is [CH+]=CC[Si](OCC)(OCC)OCC. The Labute approximate surface area is 82.1 Å². The van der Waals surface area contributed by atoms with Gasteiger partial charge in [0, 0.05) is 19.8 Å². The molecule has 0 aromatic carbocycles. The van der Waals surface area contributed by atoms with E-state index in [1.165, 1.54) is 0 Å². The zero-order valence-electron chi connectivity index (χ0n) is 8.71. The predicted octanol–water partition coefficient (Wildman–Crippen LogP) is 2.02. The highest BCUT2D eigenvalue weighted by atomic mass is 28.4. The monoisotopic (exact) mass is 203 g/mol. The molecule has 0 aliphatic carbocycles. The van der Waals surface area contributed by atoms with E-state index in [4.69, 9.17) is 19.9 Å². The topological polar surface area (TPSA) is 27.7 Å². The minimum absolute atomic E-state index is 0.572. The first kappa shape index (κ1) is 12.7. The van der Waals surface area contributed by atoms with E-state index in [1.807, 2.05) is 20.8 Å². The Morgan fingerprint density at radius 2 is 1.38 bits per heavy atom. The van der Waals surface area contributed by atoms with Gasteiger partial charge in [-0.3, -0.25) is 0 Å². The maximum atomic E-state index is 5.53. The fraction of sp³-hybridized carbons (Fsp3) is 0.778. The van der Waals surface area contributed by atoms with E-state index < -0.39 is 8.80 Å². The first-order valence-electron chi connectivity index (χ1n) is 4.69. The Hall–Kier alpha value is -0.253. The van der Waals surface area contributed by atoms with Crippen LogP contribution in [0.1, 0.15) is 20.8 Å². The van der Waals surface area contributed by atoms with Gasteiger partial charge in [-0.1, -0.05) is 0 Å². The highest BCUT2D eigenvalue weighted by molar-refractivity contribution is 6.61. The smallest absolute Gasteiger partial charge is 0.373 e. The molecule has 0 fully saturated rings. The van der Waals surface area contributed by atoms with Gasteiger partial charge in [-0.15, -0.1) is 0 Å². The van der Waals surface area contributed by atoms with E-state index in [0.29, 0.717) is 25.9 Å². The summed E-state index contributed by atoms with van der Waals surface area (Å²) in [6.45, 7) is 12.9. The van der Waals surface area contributed by atoms with Crippen LogP contribution in [0.3, 0.4) is 0 Å². The van der Waals surface area contributed by atoms with Crippen LogP contribution in [0.5, 0.6) is 0 Å². The summed E-state index contributed by atoms with van der Waals surface area (Å²) in [7, 11) is -2.48. The third-order valence-corrected chi connectivity index (χ3v) is 4.38. The highest BCUT2D eigenvalue weighted by Crippen LogP contribution is 2.15. The summed E-state index contributed by atoms with van der Waals surface area (Å²) in [4.78, 5) is 0. The molecular formula is C9H19O3Si+. The highest BCUT2D eigenvalue weighted by Gasteiger charge is 2.40. The van der Waals surface area contributed by atoms with Gasteiger partial charge >= 0.3 is 8.80 Å². The van der Waals surface area contributed by atoms with Crippen molar-refractivity contribution in [3.8, 4) is 0 Å². The fourth-order valence-corrected chi connectivity index (χ4v) is 3.32. The normalized spacial score (nSPS) is 11.5. The van der Waals surface area contributed by atoms with E-state index in [1.54, 1.807) is 6.08 Å². The first-order valence-corrected chi connectivity index (χ1v) is 6.63. The van der Waals surface area contributed by atoms with Gasteiger partial charge in [-0.25, -0.2) is 0 Å². The van der Waals surface area contributed by atoms with Gasteiger partial charge in [0.25, 0.3) is 0 Å². The third-order valence-electron chi connectivity index (χ3n) is 1.46. The van der Waals surface area contributed by atoms with Gasteiger partial charge in [0.05, 0.1) is 6.04 Å². The molecule has 0 heterocycles. The molecule has 0 saturated heterocycles. The lowest BCUT2D eigenvalue weighted by atomic mass is 10.8. The molecule has 0 atom stereocenters. The van der Waals surface area contributed by atoms with Crippen molar-refractivity contribution in [2.75, 3.05) is 19.8 Å². The molecule has 0 saturated carbocycles. The molecule has 0 bridgehead atoms. The van der Waals surface area contributed by atoms with Crippen molar-refractivity contribution in [3.63, 3.8) is 0 Å². The summed E-state index contributed by atoms with van der Waals surface area (Å²) in [5, 5.41) is 0. The van der Waals surface area contributed by atoms with Gasteiger partial charge in [-0.05, 0) is 20.8 Å². The lowest BCUT2D eigenvalue weighted by Crippen LogP contribution is -2.45. The summed E-state index contributed by atoms with van der Waals surface area (Å²) in [5.41, 5.74) is 0. The van der Waals surface area contributed by atoms with E-state index in [-0.39, 0.29) is 0 Å². The molecule has 0 aliphatic heterocycles. The predicted molar refractivity (Wildman–Crippen MR) is 54.3 cm³/mol. The first-order chi connectivity index (χ1) is 6.24. The number of hydrogen-bond donors (Lipinski definition) is 0. The molecule has 0 unspecified atom stereocenters. The zero-order chi connectivity index (χ0) is 10.2. The maximum Gasteiger partial charge on any atom is 0.509 e. The average Bonchev–Trinajstić information content (AvgIpc) is 2.06. The molecule has 0 aromatic heterocycles. The second-order valence-electron chi connectivity index (χ2n) is 2.42. The molecule has 0 N–H and O–H groups in total. The Morgan fingerprint density at radius 1 is 1.00 bits per heavy atom. The Balaban J connectivity index is 4.27. The minimum Gasteiger partial charge on any atom is -0.373 e. The second-order valence-corrected chi connectivity index (χ2v) is 5.06. The molecule has 0 rings (SSSR count). The van der Waals surface area contributed by atoms with Gasteiger partial charge in [0.2, 0.25) is 6.58 Å². The molecule has 0 aliphatic rings. The summed E-state index contributed by atoms with van der Waals surface area (Å²) in [6, 6.07) is 0.572. The lowest BCUT2D eigenvalue weighted by Gasteiger charge is -2.26. The van der Waals surface area contributed by atoms with Crippen molar-refractivity contribution in [2.24, 2.45) is 0 Å². The minimum atomic E-state index is -2.48. The lowest BCUT2D eigenvalue weighted by molar-refractivity contribution is 0.0743. The van der Waals surface area contributed by atoms with Gasteiger partial charge in [0.15, 0.2) is 6.08 Å². The Bertz CT molecular complexity index is 122. The van der Waals surface area contributed by atoms with E-state index in [2.05, 4.69) is 0 Å². The molecule has 76 valence electrons. The third kappa shape index (κ3) is 4.50. The van der Waals surface area contributed by atoms with Crippen molar-refractivity contribution in [1.29, 1.82) is 0 Å². The summed E-state index contributed by atoms with van der Waals surface area (Å²) < 4.78 is 16.6. The molecule has 0 amide bonds.